The molecule has 2 aromatic rings. The van der Waals surface area contributed by atoms with Crippen LogP contribution in [-0.2, 0) is 6.42 Å². The van der Waals surface area contributed by atoms with Crippen molar-refractivity contribution in [2.24, 2.45) is 0 Å². The molecule has 0 amide bonds. The summed E-state index contributed by atoms with van der Waals surface area (Å²) in [7, 11) is 1.94. The number of halogens is 1. The summed E-state index contributed by atoms with van der Waals surface area (Å²) in [5.74, 6) is 0. The van der Waals surface area contributed by atoms with Crippen molar-refractivity contribution in [3.8, 4) is 5.69 Å². The Morgan fingerprint density at radius 2 is 2.06 bits per heavy atom. The Labute approximate surface area is 103 Å². The summed E-state index contributed by atoms with van der Waals surface area (Å²) < 4.78 is 2.93. The molecule has 2 rings (SSSR count). The van der Waals surface area contributed by atoms with Gasteiger partial charge in [-0.15, -0.1) is 5.10 Å². The Bertz CT molecular complexity index is 449. The fraction of sp³-hybridized carbons (Fsp3) is 0.273. The molecule has 1 aromatic heterocycles. The number of nitrogens with one attached hydrogen (secondary N) is 1. The molecule has 4 nitrogen and oxygen atoms in total. The van der Waals surface area contributed by atoms with E-state index in [1.54, 1.807) is 6.20 Å². The molecule has 0 fully saturated rings. The van der Waals surface area contributed by atoms with Gasteiger partial charge in [0.1, 0.15) is 0 Å². The summed E-state index contributed by atoms with van der Waals surface area (Å²) in [6.07, 6.45) is 2.72. The Balaban J connectivity index is 2.26. The number of rotatable bonds is 4. The van der Waals surface area contributed by atoms with Crippen molar-refractivity contribution in [3.63, 3.8) is 0 Å². The highest BCUT2D eigenvalue weighted by atomic mass is 79.9. The third kappa shape index (κ3) is 2.48. The van der Waals surface area contributed by atoms with Gasteiger partial charge >= 0.3 is 0 Å². The van der Waals surface area contributed by atoms with E-state index in [2.05, 4.69) is 31.6 Å². The van der Waals surface area contributed by atoms with Crippen molar-refractivity contribution in [3.05, 3.63) is 40.6 Å². The second-order valence-corrected chi connectivity index (χ2v) is 4.38. The zero-order chi connectivity index (χ0) is 11.4. The molecule has 5 heteroatoms. The Kier molecular flexibility index (Phi) is 3.69. The molecular formula is C11H13BrN4. The molecular weight excluding hydrogens is 268 g/mol. The molecule has 0 saturated carbocycles. The van der Waals surface area contributed by atoms with Crippen molar-refractivity contribution in [1.82, 2.24) is 20.3 Å². The van der Waals surface area contributed by atoms with E-state index in [1.165, 1.54) is 0 Å². The number of aromatic nitrogens is 3. The van der Waals surface area contributed by atoms with Crippen LogP contribution < -0.4 is 5.32 Å². The summed E-state index contributed by atoms with van der Waals surface area (Å²) in [6, 6.07) is 8.03. The van der Waals surface area contributed by atoms with Crippen LogP contribution in [0.15, 0.2) is 34.9 Å². The van der Waals surface area contributed by atoms with Crippen LogP contribution in [0.2, 0.25) is 0 Å². The third-order valence-electron chi connectivity index (χ3n) is 2.32. The number of nitrogens with zero attached hydrogens (tertiary/aromatic N) is 3. The Morgan fingerprint density at radius 3 is 2.75 bits per heavy atom. The molecule has 1 aromatic carbocycles. The normalized spacial score (nSPS) is 10.6. The highest BCUT2D eigenvalue weighted by molar-refractivity contribution is 9.10. The summed E-state index contributed by atoms with van der Waals surface area (Å²) >= 11 is 3.41. The zero-order valence-electron chi connectivity index (χ0n) is 9.02. The lowest BCUT2D eigenvalue weighted by Crippen LogP contribution is -2.13. The first-order valence-electron chi connectivity index (χ1n) is 5.11. The maximum Gasteiger partial charge on any atom is 0.0730 e. The van der Waals surface area contributed by atoms with Crippen LogP contribution in [0.25, 0.3) is 5.69 Å². The minimum Gasteiger partial charge on any atom is -0.319 e. The quantitative estimate of drug-likeness (QED) is 0.929. The van der Waals surface area contributed by atoms with E-state index < -0.39 is 0 Å². The number of likely N-dealkylation sites (N-methyl/N-ethyl adjacent to an activating group) is 1. The van der Waals surface area contributed by atoms with Crippen LogP contribution in [0, 0.1) is 0 Å². The lowest BCUT2D eigenvalue weighted by molar-refractivity contribution is 0.720. The third-order valence-corrected chi connectivity index (χ3v) is 2.85. The molecule has 0 saturated heterocycles. The van der Waals surface area contributed by atoms with E-state index in [4.69, 9.17) is 0 Å². The maximum atomic E-state index is 4.09. The first kappa shape index (κ1) is 11.3. The lowest BCUT2D eigenvalue weighted by atomic mass is 10.3. The Hall–Kier alpha value is -1.20. The largest absolute Gasteiger partial charge is 0.319 e. The van der Waals surface area contributed by atoms with Gasteiger partial charge in [-0.2, -0.15) is 0 Å². The minimum absolute atomic E-state index is 0.916. The Morgan fingerprint density at radius 1 is 1.31 bits per heavy atom. The smallest absolute Gasteiger partial charge is 0.0730 e. The SMILES string of the molecule is CNCCc1cnnn1-c1ccc(Br)cc1. The summed E-state index contributed by atoms with van der Waals surface area (Å²) in [5.41, 5.74) is 2.14. The van der Waals surface area contributed by atoms with E-state index in [1.807, 2.05) is 36.0 Å². The molecule has 0 radical (unpaired) electrons. The molecule has 0 spiro atoms. The predicted molar refractivity (Wildman–Crippen MR) is 66.7 cm³/mol. The van der Waals surface area contributed by atoms with E-state index in [-0.39, 0.29) is 0 Å². The van der Waals surface area contributed by atoms with E-state index in [0.717, 1.165) is 28.8 Å². The van der Waals surface area contributed by atoms with Crippen LogP contribution in [0.4, 0.5) is 0 Å². The summed E-state index contributed by atoms with van der Waals surface area (Å²) in [6.45, 7) is 0.921. The molecule has 84 valence electrons. The highest BCUT2D eigenvalue weighted by Crippen LogP contribution is 2.14. The topological polar surface area (TPSA) is 42.7 Å². The molecule has 1 N–H and O–H groups in total. The monoisotopic (exact) mass is 280 g/mol. The van der Waals surface area contributed by atoms with Crippen molar-refractivity contribution >= 4 is 15.9 Å². The molecule has 1 heterocycles. The molecule has 0 aliphatic rings. The maximum absolute atomic E-state index is 4.09. The van der Waals surface area contributed by atoms with Gasteiger partial charge in [-0.3, -0.25) is 0 Å². The van der Waals surface area contributed by atoms with Gasteiger partial charge in [0.05, 0.1) is 17.6 Å². The van der Waals surface area contributed by atoms with Gasteiger partial charge in [0.15, 0.2) is 0 Å². The van der Waals surface area contributed by atoms with Gasteiger partial charge in [-0.05, 0) is 31.3 Å². The van der Waals surface area contributed by atoms with Crippen LogP contribution in [0.5, 0.6) is 0 Å². The average Bonchev–Trinajstić information content (AvgIpc) is 2.75. The first-order valence-corrected chi connectivity index (χ1v) is 5.90. The van der Waals surface area contributed by atoms with Crippen molar-refractivity contribution in [2.75, 3.05) is 13.6 Å². The van der Waals surface area contributed by atoms with Gasteiger partial charge in [0.2, 0.25) is 0 Å². The number of benzene rings is 1. The van der Waals surface area contributed by atoms with Gasteiger partial charge in [0.25, 0.3) is 0 Å². The lowest BCUT2D eigenvalue weighted by Gasteiger charge is -2.05. The predicted octanol–water partition coefficient (Wildman–Crippen LogP) is 1.79. The molecule has 0 aliphatic heterocycles. The van der Waals surface area contributed by atoms with Gasteiger partial charge in [0, 0.05) is 17.4 Å². The first-order chi connectivity index (χ1) is 7.81. The molecule has 0 bridgehead atoms. The number of hydrogen-bond donors (Lipinski definition) is 1. The summed E-state index contributed by atoms with van der Waals surface area (Å²) in [4.78, 5) is 0. The second-order valence-electron chi connectivity index (χ2n) is 3.47. The number of hydrogen-bond acceptors (Lipinski definition) is 3. The molecule has 0 aliphatic carbocycles. The van der Waals surface area contributed by atoms with Crippen LogP contribution in [0.3, 0.4) is 0 Å². The van der Waals surface area contributed by atoms with Gasteiger partial charge in [-0.1, -0.05) is 21.1 Å². The van der Waals surface area contributed by atoms with Crippen LogP contribution in [-0.4, -0.2) is 28.6 Å². The summed E-state index contributed by atoms with van der Waals surface area (Å²) in [5, 5.41) is 11.2. The average molecular weight is 281 g/mol. The van der Waals surface area contributed by atoms with E-state index in [9.17, 15) is 0 Å². The molecule has 0 atom stereocenters. The fourth-order valence-electron chi connectivity index (χ4n) is 1.48. The van der Waals surface area contributed by atoms with Crippen molar-refractivity contribution < 1.29 is 0 Å². The zero-order valence-corrected chi connectivity index (χ0v) is 10.6. The molecule has 16 heavy (non-hydrogen) atoms. The molecule has 0 unspecified atom stereocenters. The van der Waals surface area contributed by atoms with Crippen LogP contribution in [0.1, 0.15) is 5.69 Å². The van der Waals surface area contributed by atoms with Crippen LogP contribution >= 0.6 is 15.9 Å². The van der Waals surface area contributed by atoms with E-state index >= 15 is 0 Å². The minimum atomic E-state index is 0.916. The van der Waals surface area contributed by atoms with Crippen molar-refractivity contribution in [2.45, 2.75) is 6.42 Å². The highest BCUT2D eigenvalue weighted by Gasteiger charge is 2.05. The van der Waals surface area contributed by atoms with Gasteiger partial charge < -0.3 is 5.32 Å². The standard InChI is InChI=1S/C11H13BrN4/c1-13-7-6-11-8-14-15-16(11)10-4-2-9(12)3-5-10/h2-5,8,13H,6-7H2,1H3. The van der Waals surface area contributed by atoms with Gasteiger partial charge in [-0.25, -0.2) is 4.68 Å². The fourth-order valence-corrected chi connectivity index (χ4v) is 1.74. The van der Waals surface area contributed by atoms with E-state index in [0.29, 0.717) is 0 Å². The second kappa shape index (κ2) is 5.23. The van der Waals surface area contributed by atoms with Crippen molar-refractivity contribution in [1.29, 1.82) is 0 Å².